The molecule has 0 spiro atoms. The molecule has 3 rings (SSSR count). The van der Waals surface area contributed by atoms with Crippen LogP contribution >= 0.6 is 11.3 Å². The van der Waals surface area contributed by atoms with E-state index in [4.69, 9.17) is 9.26 Å². The van der Waals surface area contributed by atoms with Crippen molar-refractivity contribution >= 4 is 23.2 Å². The number of thiophene rings is 1. The van der Waals surface area contributed by atoms with Gasteiger partial charge in [0.2, 0.25) is 5.82 Å². The standard InChI is InChI=1S/C18H14F3N3O4S/c1-10-5-6-13(29-10)17(26)22-8-15(25)27-9-14-23-16(24-28-14)11-3-2-4-12(7-11)18(19,20)21/h2-7H,8-9H2,1H3,(H,22,26). The van der Waals surface area contributed by atoms with Gasteiger partial charge in [-0.15, -0.1) is 11.3 Å². The number of nitrogens with zero attached hydrogens (tertiary/aromatic N) is 2. The first-order valence-corrected chi connectivity index (χ1v) is 9.04. The van der Waals surface area contributed by atoms with Gasteiger partial charge >= 0.3 is 12.1 Å². The number of benzene rings is 1. The first-order valence-electron chi connectivity index (χ1n) is 8.23. The van der Waals surface area contributed by atoms with Gasteiger partial charge in [-0.25, -0.2) is 0 Å². The van der Waals surface area contributed by atoms with Gasteiger partial charge in [0.15, 0.2) is 6.61 Å². The van der Waals surface area contributed by atoms with Crippen molar-refractivity contribution in [1.82, 2.24) is 15.5 Å². The van der Waals surface area contributed by atoms with Crippen LogP contribution in [0.2, 0.25) is 0 Å². The van der Waals surface area contributed by atoms with E-state index in [-0.39, 0.29) is 30.4 Å². The van der Waals surface area contributed by atoms with Crippen LogP contribution in [0.4, 0.5) is 13.2 Å². The SMILES string of the molecule is Cc1ccc(C(=O)NCC(=O)OCc2nc(-c3cccc(C(F)(F)F)c3)no2)s1. The zero-order valence-electron chi connectivity index (χ0n) is 14.9. The van der Waals surface area contributed by atoms with Gasteiger partial charge in [0.05, 0.1) is 10.4 Å². The van der Waals surface area contributed by atoms with E-state index in [9.17, 15) is 22.8 Å². The van der Waals surface area contributed by atoms with Crippen molar-refractivity contribution in [3.05, 3.63) is 57.6 Å². The van der Waals surface area contributed by atoms with E-state index in [0.29, 0.717) is 4.88 Å². The molecule has 1 aromatic carbocycles. The van der Waals surface area contributed by atoms with Gasteiger partial charge in [0, 0.05) is 10.4 Å². The normalized spacial score (nSPS) is 11.3. The second-order valence-electron chi connectivity index (χ2n) is 5.84. The number of hydrogen-bond acceptors (Lipinski definition) is 7. The molecule has 11 heteroatoms. The molecule has 3 aromatic rings. The van der Waals surface area contributed by atoms with E-state index < -0.39 is 23.6 Å². The Bertz CT molecular complexity index is 1030. The lowest BCUT2D eigenvalue weighted by molar-refractivity contribution is -0.144. The number of carbonyl (C=O) groups excluding carboxylic acids is 2. The first kappa shape index (κ1) is 20.5. The molecule has 0 aliphatic rings. The fourth-order valence-corrected chi connectivity index (χ4v) is 3.04. The van der Waals surface area contributed by atoms with Crippen molar-refractivity contribution in [2.45, 2.75) is 19.7 Å². The second-order valence-corrected chi connectivity index (χ2v) is 7.13. The average Bonchev–Trinajstić information content (AvgIpc) is 3.33. The molecule has 1 N–H and O–H groups in total. The molecule has 0 aliphatic carbocycles. The van der Waals surface area contributed by atoms with E-state index in [2.05, 4.69) is 15.5 Å². The summed E-state index contributed by atoms with van der Waals surface area (Å²) >= 11 is 1.29. The maximum atomic E-state index is 12.8. The third-order valence-corrected chi connectivity index (χ3v) is 4.63. The Morgan fingerprint density at radius 2 is 2.03 bits per heavy atom. The Morgan fingerprint density at radius 1 is 1.24 bits per heavy atom. The maximum Gasteiger partial charge on any atom is 0.416 e. The summed E-state index contributed by atoms with van der Waals surface area (Å²) in [7, 11) is 0. The van der Waals surface area contributed by atoms with Gasteiger partial charge < -0.3 is 14.6 Å². The number of ether oxygens (including phenoxy) is 1. The number of aromatic nitrogens is 2. The van der Waals surface area contributed by atoms with E-state index in [1.165, 1.54) is 23.5 Å². The van der Waals surface area contributed by atoms with Crippen LogP contribution < -0.4 is 5.32 Å². The minimum atomic E-state index is -4.50. The quantitative estimate of drug-likeness (QED) is 0.607. The van der Waals surface area contributed by atoms with Gasteiger partial charge in [-0.3, -0.25) is 9.59 Å². The zero-order valence-corrected chi connectivity index (χ0v) is 15.8. The molecule has 7 nitrogen and oxygen atoms in total. The molecule has 2 heterocycles. The molecule has 0 saturated carbocycles. The van der Waals surface area contributed by atoms with E-state index in [0.717, 1.165) is 17.0 Å². The summed E-state index contributed by atoms with van der Waals surface area (Å²) in [6, 6.07) is 7.88. The van der Waals surface area contributed by atoms with Gasteiger partial charge in [0.25, 0.3) is 11.8 Å². The third-order valence-electron chi connectivity index (χ3n) is 3.63. The zero-order chi connectivity index (χ0) is 21.0. The summed E-state index contributed by atoms with van der Waals surface area (Å²) in [5.41, 5.74) is -0.732. The van der Waals surface area contributed by atoms with Crippen LogP contribution in [0.15, 0.2) is 40.9 Å². The molecule has 0 bridgehead atoms. The molecular weight excluding hydrogens is 411 g/mol. The molecule has 29 heavy (non-hydrogen) atoms. The number of halogens is 3. The fraction of sp³-hybridized carbons (Fsp3) is 0.222. The molecule has 152 valence electrons. The topological polar surface area (TPSA) is 94.3 Å². The summed E-state index contributed by atoms with van der Waals surface area (Å²) in [6.45, 7) is 1.12. The highest BCUT2D eigenvalue weighted by molar-refractivity contribution is 7.13. The van der Waals surface area contributed by atoms with Gasteiger partial charge in [-0.2, -0.15) is 18.2 Å². The monoisotopic (exact) mass is 425 g/mol. The van der Waals surface area contributed by atoms with Crippen LogP contribution in [0.5, 0.6) is 0 Å². The summed E-state index contributed by atoms with van der Waals surface area (Å²) < 4.78 is 48.2. The van der Waals surface area contributed by atoms with Gasteiger partial charge in [0.1, 0.15) is 6.54 Å². The smallest absolute Gasteiger partial charge is 0.416 e. The predicted molar refractivity (Wildman–Crippen MR) is 95.9 cm³/mol. The highest BCUT2D eigenvalue weighted by atomic mass is 32.1. The number of aryl methyl sites for hydroxylation is 1. The van der Waals surface area contributed by atoms with Gasteiger partial charge in [-0.05, 0) is 31.2 Å². The van der Waals surface area contributed by atoms with Crippen molar-refractivity contribution < 1.29 is 32.0 Å². The maximum absolute atomic E-state index is 12.8. The Balaban J connectivity index is 1.53. The number of alkyl halides is 3. The van der Waals surface area contributed by atoms with Crippen LogP contribution in [-0.4, -0.2) is 28.6 Å². The van der Waals surface area contributed by atoms with Crippen LogP contribution in [0.3, 0.4) is 0 Å². The van der Waals surface area contributed by atoms with Crippen LogP contribution in [-0.2, 0) is 22.3 Å². The van der Waals surface area contributed by atoms with Crippen molar-refractivity contribution in [2.24, 2.45) is 0 Å². The lowest BCUT2D eigenvalue weighted by Crippen LogP contribution is -2.30. The molecule has 0 atom stereocenters. The lowest BCUT2D eigenvalue weighted by atomic mass is 10.1. The van der Waals surface area contributed by atoms with Crippen molar-refractivity contribution in [2.75, 3.05) is 6.54 Å². The molecule has 0 radical (unpaired) electrons. The summed E-state index contributed by atoms with van der Waals surface area (Å²) in [5, 5.41) is 6.01. The lowest BCUT2D eigenvalue weighted by Gasteiger charge is -2.06. The van der Waals surface area contributed by atoms with Crippen molar-refractivity contribution in [3.63, 3.8) is 0 Å². The minimum Gasteiger partial charge on any atom is -0.454 e. The summed E-state index contributed by atoms with van der Waals surface area (Å²) in [5.74, 6) is -1.29. The van der Waals surface area contributed by atoms with Crippen LogP contribution in [0.1, 0.15) is 26.0 Å². The Kier molecular flexibility index (Phi) is 5.97. The summed E-state index contributed by atoms with van der Waals surface area (Å²) in [4.78, 5) is 29.0. The molecular formula is C18H14F3N3O4S. The molecule has 1 amide bonds. The highest BCUT2D eigenvalue weighted by Crippen LogP contribution is 2.31. The number of nitrogens with one attached hydrogen (secondary N) is 1. The van der Waals surface area contributed by atoms with Gasteiger partial charge in [-0.1, -0.05) is 17.3 Å². The summed E-state index contributed by atoms with van der Waals surface area (Å²) in [6.07, 6.45) is -4.50. The fourth-order valence-electron chi connectivity index (χ4n) is 2.25. The van der Waals surface area contributed by atoms with E-state index >= 15 is 0 Å². The number of carbonyl (C=O) groups is 2. The highest BCUT2D eigenvalue weighted by Gasteiger charge is 2.30. The number of hydrogen-bond donors (Lipinski definition) is 1. The average molecular weight is 425 g/mol. The molecule has 0 aliphatic heterocycles. The van der Waals surface area contributed by atoms with E-state index in [1.807, 2.05) is 6.92 Å². The number of amides is 1. The second kappa shape index (κ2) is 8.43. The number of esters is 1. The third kappa shape index (κ3) is 5.41. The molecule has 0 unspecified atom stereocenters. The van der Waals surface area contributed by atoms with Crippen LogP contribution in [0.25, 0.3) is 11.4 Å². The first-order chi connectivity index (χ1) is 13.7. The Hall–Kier alpha value is -3.21. The van der Waals surface area contributed by atoms with Crippen molar-refractivity contribution in [3.8, 4) is 11.4 Å². The molecule has 0 fully saturated rings. The molecule has 2 aromatic heterocycles. The Morgan fingerprint density at radius 3 is 2.72 bits per heavy atom. The van der Waals surface area contributed by atoms with Crippen molar-refractivity contribution in [1.29, 1.82) is 0 Å². The molecule has 0 saturated heterocycles. The predicted octanol–water partition coefficient (Wildman–Crippen LogP) is 3.60. The van der Waals surface area contributed by atoms with Crippen LogP contribution in [0, 0.1) is 6.92 Å². The minimum absolute atomic E-state index is 0.0662. The largest absolute Gasteiger partial charge is 0.454 e. The Labute approximate surface area is 166 Å². The van der Waals surface area contributed by atoms with E-state index in [1.54, 1.807) is 12.1 Å². The number of rotatable bonds is 6.